The van der Waals surface area contributed by atoms with Crippen LogP contribution in [-0.2, 0) is 9.53 Å². The minimum atomic E-state index is -0.384. The maximum absolute atomic E-state index is 12.2. The van der Waals surface area contributed by atoms with E-state index in [1.54, 1.807) is 18.2 Å². The molecule has 6 heteroatoms. The van der Waals surface area contributed by atoms with Crippen LogP contribution in [-0.4, -0.2) is 68.1 Å². The molecule has 1 aromatic rings. The molecule has 1 saturated heterocycles. The number of esters is 1. The fourth-order valence-corrected chi connectivity index (χ4v) is 2.48. The number of hydrogen-bond donors (Lipinski definition) is 1. The lowest BCUT2D eigenvalue weighted by molar-refractivity contribution is -0.131. The van der Waals surface area contributed by atoms with Gasteiger partial charge in [-0.25, -0.2) is 4.79 Å². The first kappa shape index (κ1) is 16.3. The maximum atomic E-state index is 12.2. The summed E-state index contributed by atoms with van der Waals surface area (Å²) in [6, 6.07) is 6.96. The van der Waals surface area contributed by atoms with E-state index in [9.17, 15) is 9.59 Å². The van der Waals surface area contributed by atoms with Crippen molar-refractivity contribution in [2.75, 3.05) is 51.7 Å². The third-order valence-electron chi connectivity index (χ3n) is 3.90. The number of methoxy groups -OCH3 is 1. The van der Waals surface area contributed by atoms with E-state index in [2.05, 4.69) is 21.9 Å². The Bertz CT molecular complexity index is 525. The van der Waals surface area contributed by atoms with E-state index in [4.69, 9.17) is 0 Å². The molecule has 1 aliphatic rings. The number of nitrogens with zero attached hydrogens (tertiary/aromatic N) is 2. The minimum Gasteiger partial charge on any atom is -0.465 e. The van der Waals surface area contributed by atoms with Crippen molar-refractivity contribution in [3.8, 4) is 0 Å². The summed E-state index contributed by atoms with van der Waals surface area (Å²) in [4.78, 5) is 27.9. The Morgan fingerprint density at radius 1 is 1.23 bits per heavy atom. The van der Waals surface area contributed by atoms with Crippen LogP contribution < -0.4 is 5.32 Å². The second kappa shape index (κ2) is 7.79. The lowest BCUT2D eigenvalue weighted by Gasteiger charge is -2.34. The van der Waals surface area contributed by atoms with Crippen molar-refractivity contribution in [2.45, 2.75) is 6.92 Å². The number of carbonyl (C=O) groups excluding carboxylic acids is 2. The quantitative estimate of drug-likeness (QED) is 0.824. The lowest BCUT2D eigenvalue weighted by Crippen LogP contribution is -2.49. The molecule has 22 heavy (non-hydrogen) atoms. The van der Waals surface area contributed by atoms with Crippen molar-refractivity contribution in [2.24, 2.45) is 0 Å². The van der Waals surface area contributed by atoms with E-state index < -0.39 is 0 Å². The molecule has 1 N–H and O–H groups in total. The predicted octanol–water partition coefficient (Wildman–Crippen LogP) is 1.05. The SMILES string of the molecule is CCN1CCN(C(=O)CNc2cccc(C(=O)OC)c2)CC1. The van der Waals surface area contributed by atoms with Crippen molar-refractivity contribution in [1.82, 2.24) is 9.80 Å². The van der Waals surface area contributed by atoms with Crippen LogP contribution in [0.5, 0.6) is 0 Å². The van der Waals surface area contributed by atoms with Gasteiger partial charge in [-0.05, 0) is 24.7 Å². The van der Waals surface area contributed by atoms with Gasteiger partial charge >= 0.3 is 5.97 Å². The van der Waals surface area contributed by atoms with Crippen molar-refractivity contribution < 1.29 is 14.3 Å². The van der Waals surface area contributed by atoms with Crippen molar-refractivity contribution in [3.05, 3.63) is 29.8 Å². The molecule has 0 radical (unpaired) electrons. The molecular formula is C16H23N3O3. The summed E-state index contributed by atoms with van der Waals surface area (Å²) in [5.74, 6) is -0.301. The fraction of sp³-hybridized carbons (Fsp3) is 0.500. The zero-order valence-corrected chi connectivity index (χ0v) is 13.2. The fourth-order valence-electron chi connectivity index (χ4n) is 2.48. The van der Waals surface area contributed by atoms with Crippen LogP contribution in [0.4, 0.5) is 5.69 Å². The molecule has 1 amide bonds. The normalized spacial score (nSPS) is 15.5. The Morgan fingerprint density at radius 3 is 2.59 bits per heavy atom. The number of likely N-dealkylation sites (N-methyl/N-ethyl adjacent to an activating group) is 1. The van der Waals surface area contributed by atoms with Gasteiger partial charge in [-0.15, -0.1) is 0 Å². The first-order chi connectivity index (χ1) is 10.6. The molecule has 1 aromatic carbocycles. The summed E-state index contributed by atoms with van der Waals surface area (Å²) in [7, 11) is 1.35. The van der Waals surface area contributed by atoms with Crippen LogP contribution in [0.2, 0.25) is 0 Å². The molecule has 2 rings (SSSR count). The smallest absolute Gasteiger partial charge is 0.337 e. The molecule has 1 fully saturated rings. The largest absolute Gasteiger partial charge is 0.465 e. The number of benzene rings is 1. The lowest BCUT2D eigenvalue weighted by atomic mass is 10.2. The van der Waals surface area contributed by atoms with Gasteiger partial charge in [0.2, 0.25) is 5.91 Å². The van der Waals surface area contributed by atoms with Gasteiger partial charge < -0.3 is 19.9 Å². The number of hydrogen-bond acceptors (Lipinski definition) is 5. The van der Waals surface area contributed by atoms with E-state index in [1.807, 2.05) is 11.0 Å². The zero-order chi connectivity index (χ0) is 15.9. The molecule has 1 aliphatic heterocycles. The molecule has 120 valence electrons. The van der Waals surface area contributed by atoms with E-state index in [0.29, 0.717) is 5.56 Å². The molecular weight excluding hydrogens is 282 g/mol. The molecule has 1 heterocycles. The minimum absolute atomic E-state index is 0.0826. The zero-order valence-electron chi connectivity index (χ0n) is 13.2. The van der Waals surface area contributed by atoms with Gasteiger partial charge in [0.15, 0.2) is 0 Å². The highest BCUT2D eigenvalue weighted by Crippen LogP contribution is 2.11. The third-order valence-corrected chi connectivity index (χ3v) is 3.90. The van der Waals surface area contributed by atoms with Gasteiger partial charge in [-0.2, -0.15) is 0 Å². The van der Waals surface area contributed by atoms with Crippen LogP contribution in [0.1, 0.15) is 17.3 Å². The first-order valence-corrected chi connectivity index (χ1v) is 7.56. The first-order valence-electron chi connectivity index (χ1n) is 7.56. The Kier molecular flexibility index (Phi) is 5.77. The molecule has 6 nitrogen and oxygen atoms in total. The summed E-state index contributed by atoms with van der Waals surface area (Å²) >= 11 is 0. The van der Waals surface area contributed by atoms with Gasteiger partial charge in [0.05, 0.1) is 19.2 Å². The highest BCUT2D eigenvalue weighted by Gasteiger charge is 2.19. The monoisotopic (exact) mass is 305 g/mol. The molecule has 0 spiro atoms. The van der Waals surface area contributed by atoms with Crippen LogP contribution in [0.15, 0.2) is 24.3 Å². The molecule has 0 saturated carbocycles. The number of rotatable bonds is 5. The Labute approximate surface area is 131 Å². The topological polar surface area (TPSA) is 61.9 Å². The van der Waals surface area contributed by atoms with Gasteiger partial charge in [0.25, 0.3) is 0 Å². The van der Waals surface area contributed by atoms with Gasteiger partial charge in [-0.3, -0.25) is 4.79 Å². The van der Waals surface area contributed by atoms with Crippen molar-refractivity contribution in [3.63, 3.8) is 0 Å². The molecule has 0 unspecified atom stereocenters. The summed E-state index contributed by atoms with van der Waals surface area (Å²) in [6.07, 6.45) is 0. The number of piperazine rings is 1. The van der Waals surface area contributed by atoms with Gasteiger partial charge in [-0.1, -0.05) is 13.0 Å². The third kappa shape index (κ3) is 4.21. The number of nitrogens with one attached hydrogen (secondary N) is 1. The summed E-state index contributed by atoms with van der Waals surface area (Å²) in [6.45, 7) is 6.80. The summed E-state index contributed by atoms with van der Waals surface area (Å²) < 4.78 is 4.69. The highest BCUT2D eigenvalue weighted by atomic mass is 16.5. The van der Waals surface area contributed by atoms with E-state index in [-0.39, 0.29) is 18.4 Å². The van der Waals surface area contributed by atoms with E-state index >= 15 is 0 Å². The van der Waals surface area contributed by atoms with E-state index in [0.717, 1.165) is 38.4 Å². The standard InChI is InChI=1S/C16H23N3O3/c1-3-18-7-9-19(10-8-18)15(20)12-17-14-6-4-5-13(11-14)16(21)22-2/h4-6,11,17H,3,7-10,12H2,1-2H3. The average Bonchev–Trinajstić information content (AvgIpc) is 2.59. The van der Waals surface area contributed by atoms with E-state index in [1.165, 1.54) is 7.11 Å². The molecule has 0 atom stereocenters. The van der Waals surface area contributed by atoms with Gasteiger partial charge in [0.1, 0.15) is 0 Å². The van der Waals surface area contributed by atoms with Crippen molar-refractivity contribution in [1.29, 1.82) is 0 Å². The number of amides is 1. The predicted molar refractivity (Wildman–Crippen MR) is 85.0 cm³/mol. The number of carbonyl (C=O) groups is 2. The highest BCUT2D eigenvalue weighted by molar-refractivity contribution is 5.90. The summed E-state index contributed by atoms with van der Waals surface area (Å²) in [5, 5.41) is 3.07. The summed E-state index contributed by atoms with van der Waals surface area (Å²) in [5.41, 5.74) is 1.21. The Hall–Kier alpha value is -2.08. The van der Waals surface area contributed by atoms with Crippen LogP contribution in [0.3, 0.4) is 0 Å². The number of anilines is 1. The van der Waals surface area contributed by atoms with Crippen molar-refractivity contribution >= 4 is 17.6 Å². The second-order valence-corrected chi connectivity index (χ2v) is 5.24. The Balaban J connectivity index is 1.85. The Morgan fingerprint density at radius 2 is 1.95 bits per heavy atom. The second-order valence-electron chi connectivity index (χ2n) is 5.24. The molecule has 0 aliphatic carbocycles. The molecule has 0 bridgehead atoms. The average molecular weight is 305 g/mol. The number of ether oxygens (including phenoxy) is 1. The maximum Gasteiger partial charge on any atom is 0.337 e. The van der Waals surface area contributed by atoms with Crippen LogP contribution in [0.25, 0.3) is 0 Å². The van der Waals surface area contributed by atoms with Crippen LogP contribution in [0, 0.1) is 0 Å². The molecule has 0 aromatic heterocycles. The van der Waals surface area contributed by atoms with Crippen LogP contribution >= 0.6 is 0 Å². The van der Waals surface area contributed by atoms with Gasteiger partial charge in [0, 0.05) is 31.9 Å².